The first-order valence-corrected chi connectivity index (χ1v) is 16.2. The van der Waals surface area contributed by atoms with E-state index in [9.17, 15) is 0 Å². The van der Waals surface area contributed by atoms with Crippen molar-refractivity contribution < 1.29 is 0 Å². The largest absolute Gasteiger partial charge is 0.112 e. The molecule has 0 amide bonds. The SMILES string of the molecule is CC(C)CCCCBr.CC(C)CCCC[P+](c1ccccc1)(c1ccccc1)c1ccccc1. The topological polar surface area (TPSA) is 0 Å². The van der Waals surface area contributed by atoms with Crippen molar-refractivity contribution >= 4 is 39.1 Å². The third-order valence-corrected chi connectivity index (χ3v) is 11.4. The van der Waals surface area contributed by atoms with Crippen LogP contribution in [-0.2, 0) is 0 Å². The Morgan fingerprint density at radius 2 is 0.882 bits per heavy atom. The van der Waals surface area contributed by atoms with Gasteiger partial charge < -0.3 is 0 Å². The van der Waals surface area contributed by atoms with Gasteiger partial charge in [-0.2, -0.15) is 0 Å². The maximum Gasteiger partial charge on any atom is 0.112 e. The standard InChI is InChI=1S/C25H30P.C7H15Br/c1-22(2)14-12-13-21-26(23-15-6-3-7-16-23,24-17-8-4-9-18-24)25-19-10-5-11-20-25;1-7(2)5-3-4-6-8/h3-11,15-20,22H,12-14,21H2,1-2H3;7H,3-6H2,1-2H3/q+1;. The third-order valence-electron chi connectivity index (χ3n) is 6.28. The zero-order valence-electron chi connectivity index (χ0n) is 21.8. The number of benzene rings is 3. The Morgan fingerprint density at radius 3 is 1.21 bits per heavy atom. The fraction of sp³-hybridized carbons (Fsp3) is 0.438. The molecule has 0 atom stereocenters. The van der Waals surface area contributed by atoms with Crippen molar-refractivity contribution in [2.75, 3.05) is 11.5 Å². The highest BCUT2D eigenvalue weighted by Gasteiger charge is 2.44. The molecular formula is C32H45BrP+. The number of unbranched alkanes of at least 4 members (excludes halogenated alkanes) is 2. The van der Waals surface area contributed by atoms with Crippen LogP contribution in [0.25, 0.3) is 0 Å². The van der Waals surface area contributed by atoms with E-state index in [0.717, 1.165) is 11.8 Å². The molecule has 0 aliphatic carbocycles. The van der Waals surface area contributed by atoms with Crippen molar-refractivity contribution in [1.29, 1.82) is 0 Å². The van der Waals surface area contributed by atoms with Crippen LogP contribution in [0.3, 0.4) is 0 Å². The lowest BCUT2D eigenvalue weighted by molar-refractivity contribution is 0.551. The fourth-order valence-electron chi connectivity index (χ4n) is 4.43. The lowest BCUT2D eigenvalue weighted by Gasteiger charge is -2.27. The second-order valence-electron chi connectivity index (χ2n) is 10.0. The van der Waals surface area contributed by atoms with E-state index in [4.69, 9.17) is 0 Å². The van der Waals surface area contributed by atoms with Gasteiger partial charge in [0.15, 0.2) is 0 Å². The van der Waals surface area contributed by atoms with Gasteiger partial charge in [0.1, 0.15) is 23.2 Å². The molecule has 0 fully saturated rings. The molecule has 3 aromatic carbocycles. The highest BCUT2D eigenvalue weighted by atomic mass is 79.9. The zero-order valence-corrected chi connectivity index (χ0v) is 24.3. The zero-order chi connectivity index (χ0) is 24.7. The normalized spacial score (nSPS) is 11.4. The van der Waals surface area contributed by atoms with Gasteiger partial charge in [-0.25, -0.2) is 0 Å². The van der Waals surface area contributed by atoms with Gasteiger partial charge in [-0.1, -0.05) is 117 Å². The van der Waals surface area contributed by atoms with Crippen LogP contribution in [0.5, 0.6) is 0 Å². The molecule has 0 radical (unpaired) electrons. The second kappa shape index (κ2) is 16.3. The molecule has 0 N–H and O–H groups in total. The van der Waals surface area contributed by atoms with Crippen LogP contribution in [0.15, 0.2) is 91.0 Å². The maximum absolute atomic E-state index is 3.40. The van der Waals surface area contributed by atoms with Crippen LogP contribution in [-0.4, -0.2) is 11.5 Å². The van der Waals surface area contributed by atoms with E-state index in [1.54, 1.807) is 0 Å². The summed E-state index contributed by atoms with van der Waals surface area (Å²) in [4.78, 5) is 0. The van der Waals surface area contributed by atoms with Gasteiger partial charge in [0, 0.05) is 5.33 Å². The van der Waals surface area contributed by atoms with Crippen LogP contribution in [0, 0.1) is 11.8 Å². The predicted molar refractivity (Wildman–Crippen MR) is 161 cm³/mol. The molecule has 0 saturated heterocycles. The van der Waals surface area contributed by atoms with E-state index in [1.807, 2.05) is 0 Å². The van der Waals surface area contributed by atoms with Crippen LogP contribution in [0.1, 0.15) is 66.2 Å². The first-order chi connectivity index (χ1) is 16.5. The fourth-order valence-corrected chi connectivity index (χ4v) is 9.24. The van der Waals surface area contributed by atoms with Gasteiger partial charge in [-0.15, -0.1) is 0 Å². The summed E-state index contributed by atoms with van der Waals surface area (Å²) in [6.45, 7) is 9.20. The molecule has 0 aromatic heterocycles. The van der Waals surface area contributed by atoms with Crippen molar-refractivity contribution in [1.82, 2.24) is 0 Å². The van der Waals surface area contributed by atoms with Crippen LogP contribution >= 0.6 is 23.2 Å². The summed E-state index contributed by atoms with van der Waals surface area (Å²) < 4.78 is 0. The van der Waals surface area contributed by atoms with Crippen molar-refractivity contribution in [3.05, 3.63) is 91.0 Å². The number of halogens is 1. The lowest BCUT2D eigenvalue weighted by atomic mass is 10.1. The number of rotatable bonds is 12. The van der Waals surface area contributed by atoms with Crippen LogP contribution < -0.4 is 15.9 Å². The predicted octanol–water partition coefficient (Wildman–Crippen LogP) is 9.01. The molecule has 2 heteroatoms. The number of hydrogen-bond donors (Lipinski definition) is 0. The average Bonchev–Trinajstić information content (AvgIpc) is 2.86. The first-order valence-electron chi connectivity index (χ1n) is 13.1. The summed E-state index contributed by atoms with van der Waals surface area (Å²) in [6, 6.07) is 33.6. The molecule has 0 saturated carbocycles. The summed E-state index contributed by atoms with van der Waals surface area (Å²) in [5.74, 6) is 1.67. The van der Waals surface area contributed by atoms with E-state index in [1.165, 1.54) is 65.9 Å². The van der Waals surface area contributed by atoms with Gasteiger partial charge in [0.2, 0.25) is 0 Å². The van der Waals surface area contributed by atoms with Crippen molar-refractivity contribution in [2.45, 2.75) is 66.2 Å². The lowest BCUT2D eigenvalue weighted by Crippen LogP contribution is -2.33. The number of alkyl halides is 1. The summed E-state index contributed by atoms with van der Waals surface area (Å²) in [7, 11) is -1.61. The Balaban J connectivity index is 0.000000440. The van der Waals surface area contributed by atoms with Gasteiger partial charge in [0.25, 0.3) is 0 Å². The van der Waals surface area contributed by atoms with Crippen molar-refractivity contribution in [3.8, 4) is 0 Å². The highest BCUT2D eigenvalue weighted by Crippen LogP contribution is 2.56. The van der Waals surface area contributed by atoms with Gasteiger partial charge in [-0.3, -0.25) is 0 Å². The molecule has 0 bridgehead atoms. The summed E-state index contributed by atoms with van der Waals surface area (Å²) >= 11 is 3.40. The van der Waals surface area contributed by atoms with E-state index in [-0.39, 0.29) is 0 Å². The minimum Gasteiger partial charge on any atom is -0.0928 e. The number of hydrogen-bond acceptors (Lipinski definition) is 0. The van der Waals surface area contributed by atoms with Crippen molar-refractivity contribution in [3.63, 3.8) is 0 Å². The molecular weight excluding hydrogens is 495 g/mol. The molecule has 0 unspecified atom stereocenters. The summed E-state index contributed by atoms with van der Waals surface area (Å²) in [5.41, 5.74) is 0. The Hall–Kier alpha value is -1.43. The quantitative estimate of drug-likeness (QED) is 0.122. The molecule has 0 aliphatic rings. The van der Waals surface area contributed by atoms with E-state index >= 15 is 0 Å². The minimum absolute atomic E-state index is 0.785. The third kappa shape index (κ3) is 9.31. The van der Waals surface area contributed by atoms with Crippen molar-refractivity contribution in [2.24, 2.45) is 11.8 Å². The first kappa shape index (κ1) is 28.8. The molecule has 34 heavy (non-hydrogen) atoms. The summed E-state index contributed by atoms with van der Waals surface area (Å²) in [6.07, 6.45) is 9.25. The molecule has 0 spiro atoms. The Kier molecular flexibility index (Phi) is 13.8. The smallest absolute Gasteiger partial charge is 0.0928 e. The molecule has 3 aromatic rings. The maximum atomic E-state index is 3.40. The second-order valence-corrected chi connectivity index (χ2v) is 14.4. The monoisotopic (exact) mass is 539 g/mol. The minimum atomic E-state index is -1.61. The summed E-state index contributed by atoms with van der Waals surface area (Å²) in [5, 5.41) is 5.67. The van der Waals surface area contributed by atoms with Gasteiger partial charge in [0.05, 0.1) is 6.16 Å². The van der Waals surface area contributed by atoms with E-state index < -0.39 is 7.26 Å². The van der Waals surface area contributed by atoms with Crippen LogP contribution in [0.2, 0.25) is 0 Å². The Labute approximate surface area is 219 Å². The molecule has 184 valence electrons. The molecule has 3 rings (SSSR count). The van der Waals surface area contributed by atoms with Crippen LogP contribution in [0.4, 0.5) is 0 Å². The Morgan fingerprint density at radius 1 is 0.529 bits per heavy atom. The Bertz CT molecular complexity index is 778. The molecule has 0 aliphatic heterocycles. The molecule has 0 heterocycles. The molecule has 0 nitrogen and oxygen atoms in total. The van der Waals surface area contributed by atoms with E-state index in [0.29, 0.717) is 0 Å². The average molecular weight is 541 g/mol. The van der Waals surface area contributed by atoms with Gasteiger partial charge >= 0.3 is 0 Å². The highest BCUT2D eigenvalue weighted by molar-refractivity contribution is 9.09. The van der Waals surface area contributed by atoms with E-state index in [2.05, 4.69) is 135 Å². The van der Waals surface area contributed by atoms with Gasteiger partial charge in [-0.05, 0) is 67.5 Å².